The number of hydrogen-bond donors (Lipinski definition) is 1. The van der Waals surface area contributed by atoms with E-state index >= 15 is 0 Å². The molecule has 4 heteroatoms. The van der Waals surface area contributed by atoms with E-state index < -0.39 is 0 Å². The summed E-state index contributed by atoms with van der Waals surface area (Å²) in [5.41, 5.74) is 0.816. The van der Waals surface area contributed by atoms with E-state index in [1.54, 1.807) is 0 Å². The molecule has 0 spiro atoms. The quantitative estimate of drug-likeness (QED) is 0.593. The lowest BCUT2D eigenvalue weighted by molar-refractivity contribution is -0.136. The van der Waals surface area contributed by atoms with Crippen molar-refractivity contribution in [1.29, 1.82) is 0 Å². The smallest absolute Gasteiger partial charge is 0.225 e. The molecule has 1 fully saturated rings. The van der Waals surface area contributed by atoms with Crippen LogP contribution in [0, 0.1) is 5.92 Å². The van der Waals surface area contributed by atoms with Crippen LogP contribution in [0.25, 0.3) is 0 Å². The Bertz CT molecular complexity index is 261. The molecule has 1 aliphatic heterocycles. The van der Waals surface area contributed by atoms with Crippen LogP contribution in [0.2, 0.25) is 0 Å². The van der Waals surface area contributed by atoms with Crippen molar-refractivity contribution < 1.29 is 10.0 Å². The van der Waals surface area contributed by atoms with Crippen LogP contribution >= 0.6 is 0 Å². The zero-order valence-corrected chi connectivity index (χ0v) is 11.0. The monoisotopic (exact) mass is 240 g/mol. The molecule has 0 aromatic rings. The molecule has 98 valence electrons. The summed E-state index contributed by atoms with van der Waals surface area (Å²) < 4.78 is 0. The van der Waals surface area contributed by atoms with E-state index in [9.17, 15) is 4.79 Å². The first-order chi connectivity index (χ1) is 8.22. The third-order valence-electron chi connectivity index (χ3n) is 3.42. The molecule has 0 aromatic carbocycles. The molecule has 0 aromatic heterocycles. The molecule has 0 radical (unpaired) electrons. The molecule has 1 heterocycles. The minimum atomic E-state index is 0.192. The number of hydrogen-bond acceptors (Lipinski definition) is 3. The number of carbonyl (C=O) groups excluding carboxylic acids is 1. The Morgan fingerprint density at radius 3 is 2.24 bits per heavy atom. The summed E-state index contributed by atoms with van der Waals surface area (Å²) in [4.78, 5) is 14.2. The minimum absolute atomic E-state index is 0.192. The average molecular weight is 240 g/mol. The molecule has 0 unspecified atom stereocenters. The van der Waals surface area contributed by atoms with E-state index in [0.29, 0.717) is 31.8 Å². The van der Waals surface area contributed by atoms with Gasteiger partial charge in [-0.05, 0) is 12.8 Å². The average Bonchev–Trinajstić information content (AvgIpc) is 2.38. The molecular formula is C13H24N2O2. The van der Waals surface area contributed by atoms with E-state index in [1.807, 2.05) is 4.90 Å². The maximum atomic E-state index is 12.3. The Balaban J connectivity index is 2.50. The number of likely N-dealkylation sites (tertiary alicyclic amines) is 1. The lowest BCUT2D eigenvalue weighted by Crippen LogP contribution is -2.42. The van der Waals surface area contributed by atoms with Gasteiger partial charge in [0.25, 0.3) is 0 Å². The van der Waals surface area contributed by atoms with Crippen molar-refractivity contribution in [1.82, 2.24) is 4.90 Å². The van der Waals surface area contributed by atoms with Crippen LogP contribution in [0.4, 0.5) is 0 Å². The zero-order chi connectivity index (χ0) is 12.7. The maximum absolute atomic E-state index is 12.3. The highest BCUT2D eigenvalue weighted by Gasteiger charge is 2.25. The summed E-state index contributed by atoms with van der Waals surface area (Å²) >= 11 is 0. The number of nitrogens with zero attached hydrogens (tertiary/aromatic N) is 2. The van der Waals surface area contributed by atoms with Crippen LogP contribution < -0.4 is 0 Å². The van der Waals surface area contributed by atoms with Gasteiger partial charge in [0.2, 0.25) is 5.91 Å². The lowest BCUT2D eigenvalue weighted by Gasteiger charge is -2.30. The normalized spacial score (nSPS) is 16.4. The van der Waals surface area contributed by atoms with Gasteiger partial charge in [0.1, 0.15) is 0 Å². The Morgan fingerprint density at radius 2 is 1.82 bits per heavy atom. The highest BCUT2D eigenvalue weighted by Crippen LogP contribution is 2.19. The summed E-state index contributed by atoms with van der Waals surface area (Å²) in [7, 11) is 0. The Kier molecular flexibility index (Phi) is 6.01. The van der Waals surface area contributed by atoms with Crippen molar-refractivity contribution in [3.63, 3.8) is 0 Å². The second-order valence-electron chi connectivity index (χ2n) is 4.77. The summed E-state index contributed by atoms with van der Waals surface area (Å²) in [5.74, 6) is 0.489. The zero-order valence-electron chi connectivity index (χ0n) is 11.0. The minimum Gasteiger partial charge on any atom is -0.411 e. The van der Waals surface area contributed by atoms with Crippen molar-refractivity contribution in [3.05, 3.63) is 0 Å². The van der Waals surface area contributed by atoms with Gasteiger partial charge in [0.05, 0.1) is 5.71 Å². The molecule has 1 saturated heterocycles. The van der Waals surface area contributed by atoms with Gasteiger partial charge >= 0.3 is 0 Å². The second kappa shape index (κ2) is 7.30. The summed E-state index contributed by atoms with van der Waals surface area (Å²) in [6, 6.07) is 0. The lowest BCUT2D eigenvalue weighted by atomic mass is 9.95. The van der Waals surface area contributed by atoms with Crippen molar-refractivity contribution >= 4 is 11.6 Å². The van der Waals surface area contributed by atoms with Gasteiger partial charge in [-0.3, -0.25) is 4.79 Å². The molecule has 0 aliphatic carbocycles. The Morgan fingerprint density at radius 1 is 1.29 bits per heavy atom. The van der Waals surface area contributed by atoms with Crippen molar-refractivity contribution in [2.24, 2.45) is 11.1 Å². The summed E-state index contributed by atoms with van der Waals surface area (Å²) in [6.45, 7) is 5.68. The molecule has 0 saturated carbocycles. The van der Waals surface area contributed by atoms with E-state index in [2.05, 4.69) is 19.0 Å². The van der Waals surface area contributed by atoms with Crippen LogP contribution in [0.5, 0.6) is 0 Å². The fourth-order valence-electron chi connectivity index (χ4n) is 2.43. The van der Waals surface area contributed by atoms with E-state index in [-0.39, 0.29) is 5.92 Å². The van der Waals surface area contributed by atoms with E-state index in [4.69, 9.17) is 5.21 Å². The van der Waals surface area contributed by atoms with Gasteiger partial charge in [0.15, 0.2) is 0 Å². The predicted molar refractivity (Wildman–Crippen MR) is 68.3 cm³/mol. The number of piperidine rings is 1. The molecule has 0 bridgehead atoms. The Hall–Kier alpha value is -1.06. The third kappa shape index (κ3) is 4.02. The molecule has 1 aliphatic rings. The molecule has 0 atom stereocenters. The Labute approximate surface area is 104 Å². The van der Waals surface area contributed by atoms with Gasteiger partial charge in [-0.2, -0.15) is 0 Å². The van der Waals surface area contributed by atoms with Gasteiger partial charge in [-0.15, -0.1) is 0 Å². The van der Waals surface area contributed by atoms with Gasteiger partial charge < -0.3 is 10.1 Å². The molecule has 1 N–H and O–H groups in total. The van der Waals surface area contributed by atoms with Crippen molar-refractivity contribution in [3.8, 4) is 0 Å². The first-order valence-electron chi connectivity index (χ1n) is 6.71. The highest BCUT2D eigenvalue weighted by atomic mass is 16.4. The van der Waals surface area contributed by atoms with Crippen LogP contribution in [-0.2, 0) is 4.79 Å². The number of oxime groups is 1. The molecule has 1 rings (SSSR count). The van der Waals surface area contributed by atoms with Gasteiger partial charge in [-0.25, -0.2) is 0 Å². The van der Waals surface area contributed by atoms with Crippen LogP contribution in [0.3, 0.4) is 0 Å². The van der Waals surface area contributed by atoms with Crippen LogP contribution in [0.1, 0.15) is 52.4 Å². The van der Waals surface area contributed by atoms with E-state index in [1.165, 1.54) is 0 Å². The fraction of sp³-hybridized carbons (Fsp3) is 0.846. The van der Waals surface area contributed by atoms with Crippen molar-refractivity contribution in [2.45, 2.75) is 52.4 Å². The van der Waals surface area contributed by atoms with Gasteiger partial charge in [-0.1, -0.05) is 31.8 Å². The third-order valence-corrected chi connectivity index (χ3v) is 3.42. The molecule has 1 amide bonds. The summed E-state index contributed by atoms with van der Waals surface area (Å²) in [5, 5.41) is 11.9. The second-order valence-corrected chi connectivity index (χ2v) is 4.77. The predicted octanol–water partition coefficient (Wildman–Crippen LogP) is 2.66. The highest BCUT2D eigenvalue weighted by molar-refractivity contribution is 5.87. The van der Waals surface area contributed by atoms with E-state index in [0.717, 1.165) is 31.4 Å². The molecule has 4 nitrogen and oxygen atoms in total. The fourth-order valence-corrected chi connectivity index (χ4v) is 2.43. The van der Waals surface area contributed by atoms with Crippen LogP contribution in [-0.4, -0.2) is 34.8 Å². The summed E-state index contributed by atoms with van der Waals surface area (Å²) in [6.07, 6.45) is 5.54. The number of amides is 1. The van der Waals surface area contributed by atoms with Crippen molar-refractivity contribution in [2.75, 3.05) is 13.1 Å². The molecular weight excluding hydrogens is 216 g/mol. The standard InChI is InChI=1S/C13H24N2O2/c1-3-5-11(6-4-2)13(16)15-9-7-12(14-17)8-10-15/h11,17H,3-10H2,1-2H3. The number of rotatable bonds is 5. The first-order valence-corrected chi connectivity index (χ1v) is 6.71. The topological polar surface area (TPSA) is 52.9 Å². The number of carbonyl (C=O) groups is 1. The molecule has 17 heavy (non-hydrogen) atoms. The largest absolute Gasteiger partial charge is 0.411 e. The maximum Gasteiger partial charge on any atom is 0.225 e. The van der Waals surface area contributed by atoms with Crippen LogP contribution in [0.15, 0.2) is 5.16 Å². The SMILES string of the molecule is CCCC(CCC)C(=O)N1CCC(=NO)CC1. The first kappa shape index (κ1) is 14.0. The van der Waals surface area contributed by atoms with Gasteiger partial charge in [0, 0.05) is 31.8 Å².